The number of nitrogens with zero attached hydrogens (tertiary/aromatic N) is 3. The van der Waals surface area contributed by atoms with Gasteiger partial charge in [0.1, 0.15) is 5.69 Å². The topological polar surface area (TPSA) is 81.0 Å². The molecule has 7 nitrogen and oxygen atoms in total. The van der Waals surface area contributed by atoms with Crippen molar-refractivity contribution in [3.05, 3.63) is 41.9 Å². The van der Waals surface area contributed by atoms with Gasteiger partial charge in [0, 0.05) is 32.5 Å². The minimum Gasteiger partial charge on any atom is -0.353 e. The van der Waals surface area contributed by atoms with E-state index in [1.54, 1.807) is 23.9 Å². The molecule has 0 saturated carbocycles. The molecule has 0 aliphatic carbocycles. The standard InChI is InChI=1S/C15H17N5O2S/c1-19-11-2-7-23-13(11)8-12(19)15(22)18-9-14(21)17-4-6-20-5-3-16-10-20/h2-3,5,7-8,10H,4,6,9H2,1H3,(H,17,21)(H,18,22). The second-order valence-electron chi connectivity index (χ2n) is 5.09. The van der Waals surface area contributed by atoms with Crippen molar-refractivity contribution in [1.82, 2.24) is 24.8 Å². The summed E-state index contributed by atoms with van der Waals surface area (Å²) in [6.07, 6.45) is 5.21. The molecule has 0 atom stereocenters. The number of hydrogen-bond acceptors (Lipinski definition) is 4. The average Bonchev–Trinajstić information content (AvgIpc) is 3.24. The van der Waals surface area contributed by atoms with Crippen molar-refractivity contribution in [2.45, 2.75) is 6.54 Å². The van der Waals surface area contributed by atoms with Gasteiger partial charge in [0.05, 0.1) is 23.1 Å². The number of fused-ring (bicyclic) bond motifs is 1. The summed E-state index contributed by atoms with van der Waals surface area (Å²) in [7, 11) is 1.84. The van der Waals surface area contributed by atoms with Gasteiger partial charge in [-0.2, -0.15) is 0 Å². The van der Waals surface area contributed by atoms with Crippen LogP contribution in [0.1, 0.15) is 10.5 Å². The third-order valence-electron chi connectivity index (χ3n) is 3.56. The number of carbonyl (C=O) groups is 2. The molecule has 0 bridgehead atoms. The highest BCUT2D eigenvalue weighted by Crippen LogP contribution is 2.23. The molecule has 2 amide bonds. The van der Waals surface area contributed by atoms with Crippen LogP contribution in [0.15, 0.2) is 36.2 Å². The van der Waals surface area contributed by atoms with E-state index in [2.05, 4.69) is 15.6 Å². The zero-order chi connectivity index (χ0) is 16.2. The number of thiophene rings is 1. The summed E-state index contributed by atoms with van der Waals surface area (Å²) in [5.74, 6) is -0.463. The molecule has 0 aliphatic rings. The van der Waals surface area contributed by atoms with Crippen molar-refractivity contribution in [3.8, 4) is 0 Å². The first-order valence-electron chi connectivity index (χ1n) is 7.18. The lowest BCUT2D eigenvalue weighted by atomic mass is 10.4. The Balaban J connectivity index is 1.47. The minimum atomic E-state index is -0.249. The van der Waals surface area contributed by atoms with Gasteiger partial charge < -0.3 is 19.8 Å². The van der Waals surface area contributed by atoms with Crippen LogP contribution in [0.4, 0.5) is 0 Å². The third kappa shape index (κ3) is 3.42. The van der Waals surface area contributed by atoms with Crippen LogP contribution in [0.3, 0.4) is 0 Å². The van der Waals surface area contributed by atoms with Gasteiger partial charge in [-0.15, -0.1) is 11.3 Å². The summed E-state index contributed by atoms with van der Waals surface area (Å²) in [6, 6.07) is 3.81. The third-order valence-corrected chi connectivity index (χ3v) is 4.41. The van der Waals surface area contributed by atoms with Gasteiger partial charge in [0.15, 0.2) is 0 Å². The number of amides is 2. The molecule has 23 heavy (non-hydrogen) atoms. The number of hydrogen-bond donors (Lipinski definition) is 2. The zero-order valence-corrected chi connectivity index (χ0v) is 13.5. The number of imidazole rings is 1. The molecule has 3 aromatic rings. The predicted octanol–water partition coefficient (Wildman–Crippen LogP) is 0.982. The van der Waals surface area contributed by atoms with E-state index in [1.165, 1.54) is 0 Å². The molecule has 0 aliphatic heterocycles. The molecule has 2 N–H and O–H groups in total. The number of aromatic nitrogens is 3. The Bertz CT molecular complexity index is 818. The van der Waals surface area contributed by atoms with E-state index < -0.39 is 0 Å². The molecule has 0 saturated heterocycles. The molecule has 3 aromatic heterocycles. The molecular weight excluding hydrogens is 314 g/mol. The maximum Gasteiger partial charge on any atom is 0.268 e. The highest BCUT2D eigenvalue weighted by molar-refractivity contribution is 7.17. The molecule has 0 spiro atoms. The normalized spacial score (nSPS) is 10.8. The molecular formula is C15H17N5O2S. The van der Waals surface area contributed by atoms with Crippen LogP contribution >= 0.6 is 11.3 Å². The highest BCUT2D eigenvalue weighted by Gasteiger charge is 2.14. The first kappa shape index (κ1) is 15.3. The number of carbonyl (C=O) groups excluding carboxylic acids is 2. The minimum absolute atomic E-state index is 0.0401. The van der Waals surface area contributed by atoms with E-state index in [9.17, 15) is 9.59 Å². The Hall–Kier alpha value is -2.61. The SMILES string of the molecule is Cn1c(C(=O)NCC(=O)NCCn2ccnc2)cc2sccc21. The lowest BCUT2D eigenvalue weighted by Crippen LogP contribution is -2.38. The number of rotatable bonds is 6. The fourth-order valence-corrected chi connectivity index (χ4v) is 3.17. The maximum atomic E-state index is 12.2. The smallest absolute Gasteiger partial charge is 0.268 e. The Morgan fingerprint density at radius 3 is 2.96 bits per heavy atom. The van der Waals surface area contributed by atoms with Crippen LogP contribution in [0, 0.1) is 0 Å². The van der Waals surface area contributed by atoms with Crippen LogP contribution in [-0.2, 0) is 18.4 Å². The van der Waals surface area contributed by atoms with E-state index in [4.69, 9.17) is 0 Å². The van der Waals surface area contributed by atoms with Gasteiger partial charge in [0.2, 0.25) is 5.91 Å². The first-order chi connectivity index (χ1) is 11.1. The largest absolute Gasteiger partial charge is 0.353 e. The van der Waals surface area contributed by atoms with Gasteiger partial charge >= 0.3 is 0 Å². The molecule has 3 rings (SSSR count). The van der Waals surface area contributed by atoms with Crippen molar-refractivity contribution >= 4 is 33.4 Å². The second kappa shape index (κ2) is 6.66. The zero-order valence-electron chi connectivity index (χ0n) is 12.7. The fourth-order valence-electron chi connectivity index (χ4n) is 2.33. The number of aryl methyl sites for hydroxylation is 1. The van der Waals surface area contributed by atoms with Crippen molar-refractivity contribution in [1.29, 1.82) is 0 Å². The summed E-state index contributed by atoms with van der Waals surface area (Å²) in [6.45, 7) is 1.10. The monoisotopic (exact) mass is 331 g/mol. The lowest BCUT2D eigenvalue weighted by Gasteiger charge is -2.08. The van der Waals surface area contributed by atoms with Crippen LogP contribution in [0.25, 0.3) is 10.2 Å². The quantitative estimate of drug-likeness (QED) is 0.706. The van der Waals surface area contributed by atoms with Gasteiger partial charge in [0.25, 0.3) is 5.91 Å². The summed E-state index contributed by atoms with van der Waals surface area (Å²) in [5, 5.41) is 7.39. The van der Waals surface area contributed by atoms with Gasteiger partial charge in [-0.25, -0.2) is 4.98 Å². The Labute approximate surface area is 136 Å². The first-order valence-corrected chi connectivity index (χ1v) is 8.06. The Kier molecular flexibility index (Phi) is 4.42. The molecule has 0 unspecified atom stereocenters. The van der Waals surface area contributed by atoms with E-state index >= 15 is 0 Å². The van der Waals surface area contributed by atoms with E-state index in [1.807, 2.05) is 39.9 Å². The van der Waals surface area contributed by atoms with Gasteiger partial charge in [-0.3, -0.25) is 9.59 Å². The van der Waals surface area contributed by atoms with Crippen molar-refractivity contribution in [2.24, 2.45) is 7.05 Å². The lowest BCUT2D eigenvalue weighted by molar-refractivity contribution is -0.120. The molecule has 8 heteroatoms. The summed E-state index contributed by atoms with van der Waals surface area (Å²) in [4.78, 5) is 27.9. The van der Waals surface area contributed by atoms with Crippen molar-refractivity contribution in [2.75, 3.05) is 13.1 Å². The summed E-state index contributed by atoms with van der Waals surface area (Å²) >= 11 is 1.59. The van der Waals surface area contributed by atoms with Crippen LogP contribution < -0.4 is 10.6 Å². The van der Waals surface area contributed by atoms with Crippen molar-refractivity contribution < 1.29 is 9.59 Å². The van der Waals surface area contributed by atoms with Crippen LogP contribution in [0.2, 0.25) is 0 Å². The van der Waals surface area contributed by atoms with Crippen LogP contribution in [0.5, 0.6) is 0 Å². The van der Waals surface area contributed by atoms with Crippen molar-refractivity contribution in [3.63, 3.8) is 0 Å². The Morgan fingerprint density at radius 2 is 2.22 bits per heavy atom. The van der Waals surface area contributed by atoms with E-state index in [-0.39, 0.29) is 18.4 Å². The molecule has 0 fully saturated rings. The van der Waals surface area contributed by atoms with Gasteiger partial charge in [-0.05, 0) is 17.5 Å². The number of nitrogens with one attached hydrogen (secondary N) is 2. The van der Waals surface area contributed by atoms with E-state index in [0.717, 1.165) is 10.2 Å². The fraction of sp³-hybridized carbons (Fsp3) is 0.267. The molecule has 120 valence electrons. The Morgan fingerprint density at radius 1 is 1.35 bits per heavy atom. The maximum absolute atomic E-state index is 12.2. The van der Waals surface area contributed by atoms with Crippen LogP contribution in [-0.4, -0.2) is 39.0 Å². The predicted molar refractivity (Wildman–Crippen MR) is 88.4 cm³/mol. The summed E-state index contributed by atoms with van der Waals surface area (Å²) in [5.41, 5.74) is 1.57. The van der Waals surface area contributed by atoms with E-state index in [0.29, 0.717) is 18.8 Å². The molecule has 0 radical (unpaired) electrons. The molecule has 3 heterocycles. The highest BCUT2D eigenvalue weighted by atomic mass is 32.1. The van der Waals surface area contributed by atoms with Gasteiger partial charge in [-0.1, -0.05) is 0 Å². The average molecular weight is 331 g/mol. The molecule has 0 aromatic carbocycles. The second-order valence-corrected chi connectivity index (χ2v) is 6.04. The summed E-state index contributed by atoms with van der Waals surface area (Å²) < 4.78 is 4.76.